The summed E-state index contributed by atoms with van der Waals surface area (Å²) in [6.45, 7) is 9.26. The van der Waals surface area contributed by atoms with Crippen LogP contribution in [0.15, 0.2) is 0 Å². The second kappa shape index (κ2) is 12.5. The molecule has 0 radical (unpaired) electrons. The van der Waals surface area contributed by atoms with Crippen molar-refractivity contribution in [3.8, 4) is 0 Å². The van der Waals surface area contributed by atoms with Crippen LogP contribution < -0.4 is 0 Å². The van der Waals surface area contributed by atoms with Crippen LogP contribution in [0.5, 0.6) is 0 Å². The topological polar surface area (TPSA) is 0 Å². The predicted octanol–water partition coefficient (Wildman–Crippen LogP) is 6.55. The fraction of sp³-hybridized carbons (Fsp3) is 0.941. The molecule has 1 unspecified atom stereocenters. The molecule has 0 rings (SSSR count). The second-order valence-corrected chi connectivity index (χ2v) is 5.84. The van der Waals surface area contributed by atoms with E-state index in [9.17, 15) is 0 Å². The summed E-state index contributed by atoms with van der Waals surface area (Å²) in [4.78, 5) is 0. The first-order chi connectivity index (χ1) is 8.20. The summed E-state index contributed by atoms with van der Waals surface area (Å²) in [6.07, 6.45) is 15.6. The van der Waals surface area contributed by atoms with Crippen molar-refractivity contribution in [3.05, 3.63) is 5.92 Å². The van der Waals surface area contributed by atoms with E-state index >= 15 is 0 Å². The lowest BCUT2D eigenvalue weighted by Gasteiger charge is -2.20. The van der Waals surface area contributed by atoms with Gasteiger partial charge in [0.25, 0.3) is 0 Å². The zero-order valence-electron chi connectivity index (χ0n) is 12.9. The lowest BCUT2D eigenvalue weighted by atomic mass is 9.98. The molecule has 0 N–H and O–H groups in total. The SMILES string of the molecule is CC[C-](C)CCCCCCCCCC(C)CC. The molecule has 17 heavy (non-hydrogen) atoms. The predicted molar refractivity (Wildman–Crippen MR) is 80.2 cm³/mol. The van der Waals surface area contributed by atoms with E-state index in [1.54, 1.807) is 5.92 Å². The Balaban J connectivity index is 3.04. The normalized spacial score (nSPS) is 13.2. The van der Waals surface area contributed by atoms with Gasteiger partial charge in [-0.1, -0.05) is 78.6 Å². The Morgan fingerprint density at radius 2 is 1.35 bits per heavy atom. The maximum Gasteiger partial charge on any atom is -0.0445 e. The highest BCUT2D eigenvalue weighted by Crippen LogP contribution is 2.17. The van der Waals surface area contributed by atoms with E-state index in [-0.39, 0.29) is 0 Å². The molecule has 0 heterocycles. The average Bonchev–Trinajstić information content (AvgIpc) is 2.35. The van der Waals surface area contributed by atoms with Gasteiger partial charge < -0.3 is 5.92 Å². The monoisotopic (exact) mass is 239 g/mol. The molecule has 0 amide bonds. The minimum Gasteiger partial charge on any atom is -0.317 e. The molecule has 0 aliphatic heterocycles. The maximum atomic E-state index is 2.38. The van der Waals surface area contributed by atoms with Gasteiger partial charge in [0.05, 0.1) is 0 Å². The molecule has 0 spiro atoms. The maximum absolute atomic E-state index is 2.38. The van der Waals surface area contributed by atoms with Gasteiger partial charge in [0.15, 0.2) is 0 Å². The molecule has 0 bridgehead atoms. The van der Waals surface area contributed by atoms with Crippen LogP contribution in [-0.2, 0) is 0 Å². The first-order valence-electron chi connectivity index (χ1n) is 8.02. The van der Waals surface area contributed by atoms with E-state index in [2.05, 4.69) is 27.7 Å². The largest absolute Gasteiger partial charge is 0.317 e. The van der Waals surface area contributed by atoms with E-state index < -0.39 is 0 Å². The summed E-state index contributed by atoms with van der Waals surface area (Å²) in [7, 11) is 0. The molecule has 0 nitrogen and oxygen atoms in total. The number of rotatable bonds is 12. The van der Waals surface area contributed by atoms with E-state index in [0.29, 0.717) is 0 Å². The summed E-state index contributed by atoms with van der Waals surface area (Å²) in [5.41, 5.74) is 0. The van der Waals surface area contributed by atoms with Crippen LogP contribution >= 0.6 is 0 Å². The van der Waals surface area contributed by atoms with E-state index in [0.717, 1.165) is 5.92 Å². The standard InChI is InChI=1S/C17H35/c1-5-16(3)14-12-10-8-7-9-11-13-15-17(4)6-2/h16H,5-15H2,1-4H3/q-1. The molecule has 0 aliphatic carbocycles. The van der Waals surface area contributed by atoms with Crippen LogP contribution in [0, 0.1) is 11.8 Å². The zero-order valence-corrected chi connectivity index (χ0v) is 12.9. The van der Waals surface area contributed by atoms with Gasteiger partial charge in [-0.25, -0.2) is 0 Å². The van der Waals surface area contributed by atoms with Gasteiger partial charge in [0.2, 0.25) is 0 Å². The highest BCUT2D eigenvalue weighted by Gasteiger charge is 1.97. The number of hydrogen-bond donors (Lipinski definition) is 0. The van der Waals surface area contributed by atoms with E-state index in [1.807, 2.05) is 0 Å². The van der Waals surface area contributed by atoms with E-state index in [4.69, 9.17) is 0 Å². The highest BCUT2D eigenvalue weighted by molar-refractivity contribution is 4.80. The molecule has 0 aromatic carbocycles. The zero-order chi connectivity index (χ0) is 12.9. The molecule has 0 aromatic rings. The van der Waals surface area contributed by atoms with Gasteiger partial charge in [-0.3, -0.25) is 0 Å². The van der Waals surface area contributed by atoms with Crippen LogP contribution in [-0.4, -0.2) is 0 Å². The minimum atomic E-state index is 0.947. The molecule has 0 heteroatoms. The molecule has 104 valence electrons. The quantitative estimate of drug-likeness (QED) is 0.268. The van der Waals surface area contributed by atoms with Gasteiger partial charge in [-0.2, -0.15) is 19.8 Å². The molecule has 0 fully saturated rings. The Morgan fingerprint density at radius 3 is 1.88 bits per heavy atom. The molecule has 1 atom stereocenters. The van der Waals surface area contributed by atoms with Crippen molar-refractivity contribution in [2.45, 2.75) is 98.3 Å². The summed E-state index contributed by atoms with van der Waals surface area (Å²) < 4.78 is 0. The Bertz CT molecular complexity index is 123. The lowest BCUT2D eigenvalue weighted by molar-refractivity contribution is 0.469. The summed E-state index contributed by atoms with van der Waals surface area (Å²) in [5.74, 6) is 2.63. The van der Waals surface area contributed by atoms with Gasteiger partial charge in [0.1, 0.15) is 0 Å². The van der Waals surface area contributed by atoms with Crippen molar-refractivity contribution in [2.24, 2.45) is 5.92 Å². The molecular formula is C17H35-. The summed E-state index contributed by atoms with van der Waals surface area (Å²) >= 11 is 0. The van der Waals surface area contributed by atoms with Crippen LogP contribution in [0.3, 0.4) is 0 Å². The smallest absolute Gasteiger partial charge is 0.0445 e. The van der Waals surface area contributed by atoms with E-state index in [1.165, 1.54) is 70.6 Å². The van der Waals surface area contributed by atoms with Crippen LogP contribution in [0.25, 0.3) is 0 Å². The van der Waals surface area contributed by atoms with Crippen LogP contribution in [0.2, 0.25) is 0 Å². The molecule has 0 saturated heterocycles. The Hall–Kier alpha value is 0. The van der Waals surface area contributed by atoms with Crippen molar-refractivity contribution >= 4 is 0 Å². The van der Waals surface area contributed by atoms with Crippen molar-refractivity contribution in [1.82, 2.24) is 0 Å². The van der Waals surface area contributed by atoms with Crippen LogP contribution in [0.4, 0.5) is 0 Å². The van der Waals surface area contributed by atoms with Gasteiger partial charge in [0, 0.05) is 0 Å². The molecule has 0 aromatic heterocycles. The van der Waals surface area contributed by atoms with Crippen molar-refractivity contribution in [3.63, 3.8) is 0 Å². The van der Waals surface area contributed by atoms with Gasteiger partial charge >= 0.3 is 0 Å². The first kappa shape index (κ1) is 17.0. The minimum absolute atomic E-state index is 0.947. The molecular weight excluding hydrogens is 204 g/mol. The summed E-state index contributed by atoms with van der Waals surface area (Å²) in [5, 5.41) is 0. The lowest BCUT2D eigenvalue weighted by Crippen LogP contribution is -1.92. The Kier molecular flexibility index (Phi) is 12.5. The van der Waals surface area contributed by atoms with Crippen molar-refractivity contribution < 1.29 is 0 Å². The van der Waals surface area contributed by atoms with Crippen LogP contribution in [0.1, 0.15) is 98.3 Å². The Labute approximate surface area is 111 Å². The van der Waals surface area contributed by atoms with Crippen molar-refractivity contribution in [2.75, 3.05) is 0 Å². The third kappa shape index (κ3) is 12.2. The third-order valence-electron chi connectivity index (χ3n) is 4.10. The van der Waals surface area contributed by atoms with Gasteiger partial charge in [-0.05, 0) is 5.92 Å². The second-order valence-electron chi connectivity index (χ2n) is 5.84. The fourth-order valence-corrected chi connectivity index (χ4v) is 2.18. The summed E-state index contributed by atoms with van der Waals surface area (Å²) in [6, 6.07) is 0. The Morgan fingerprint density at radius 1 is 0.824 bits per heavy atom. The van der Waals surface area contributed by atoms with Gasteiger partial charge in [-0.15, -0.1) is 0 Å². The number of unbranched alkanes of at least 4 members (excludes halogenated alkanes) is 6. The number of hydrogen-bond acceptors (Lipinski definition) is 0. The molecule has 0 saturated carbocycles. The highest BCUT2D eigenvalue weighted by atomic mass is 14.1. The average molecular weight is 239 g/mol. The fourth-order valence-electron chi connectivity index (χ4n) is 2.18. The van der Waals surface area contributed by atoms with Crippen molar-refractivity contribution in [1.29, 1.82) is 0 Å². The molecule has 0 aliphatic rings. The first-order valence-corrected chi connectivity index (χ1v) is 8.02. The third-order valence-corrected chi connectivity index (χ3v) is 4.10.